The van der Waals surface area contributed by atoms with Crippen molar-refractivity contribution >= 4 is 11.9 Å². The smallest absolute Gasteiger partial charge is 0.303 e. The van der Waals surface area contributed by atoms with Gasteiger partial charge < -0.3 is 19.5 Å². The number of phenols is 1. The van der Waals surface area contributed by atoms with Crippen molar-refractivity contribution in [3.8, 4) is 23.3 Å². The third-order valence-corrected chi connectivity index (χ3v) is 9.10. The monoisotopic (exact) mass is 512 g/mol. The Kier molecular flexibility index (Phi) is 5.77. The van der Waals surface area contributed by atoms with E-state index in [4.69, 9.17) is 9.47 Å². The first-order chi connectivity index (χ1) is 18.3. The van der Waals surface area contributed by atoms with Gasteiger partial charge in [0.2, 0.25) is 0 Å². The second-order valence-corrected chi connectivity index (χ2v) is 10.8. The molecule has 2 aliphatic heterocycles. The van der Waals surface area contributed by atoms with Gasteiger partial charge in [0.25, 0.3) is 5.91 Å². The fraction of sp³-hybridized carbons (Fsp3) is 0.419. The molecule has 1 saturated carbocycles. The number of piperidine rings is 1. The first-order valence-corrected chi connectivity index (χ1v) is 13.2. The third kappa shape index (κ3) is 3.33. The molecule has 1 N–H and O–H groups in total. The predicted molar refractivity (Wildman–Crippen MR) is 142 cm³/mol. The molecule has 2 heterocycles. The van der Waals surface area contributed by atoms with E-state index < -0.39 is 17.1 Å². The molecule has 2 aromatic rings. The van der Waals surface area contributed by atoms with Crippen molar-refractivity contribution in [2.75, 3.05) is 20.1 Å². The van der Waals surface area contributed by atoms with Gasteiger partial charge in [-0.15, -0.1) is 6.58 Å². The molecule has 1 saturated heterocycles. The van der Waals surface area contributed by atoms with Crippen molar-refractivity contribution in [1.29, 1.82) is 0 Å². The summed E-state index contributed by atoms with van der Waals surface area (Å²) in [5, 5.41) is 10.9. The maximum atomic E-state index is 13.3. The van der Waals surface area contributed by atoms with Gasteiger partial charge in [0.05, 0.1) is 17.5 Å². The summed E-state index contributed by atoms with van der Waals surface area (Å²) in [6.45, 7) is 6.88. The summed E-state index contributed by atoms with van der Waals surface area (Å²) < 4.78 is 13.0. The number of aromatic hydroxyl groups is 1. The van der Waals surface area contributed by atoms with Gasteiger partial charge >= 0.3 is 5.97 Å². The number of carbonyl (C=O) groups excluding carboxylic acids is 2. The maximum absolute atomic E-state index is 13.3. The molecule has 2 bridgehead atoms. The van der Waals surface area contributed by atoms with Crippen LogP contribution in [0.15, 0.2) is 55.1 Å². The van der Waals surface area contributed by atoms with Crippen molar-refractivity contribution in [1.82, 2.24) is 9.80 Å². The van der Waals surface area contributed by atoms with Gasteiger partial charge in [-0.2, -0.15) is 0 Å². The minimum atomic E-state index is -0.840. The predicted octanol–water partition coefficient (Wildman–Crippen LogP) is 3.18. The van der Waals surface area contributed by atoms with Crippen LogP contribution < -0.4 is 4.74 Å². The van der Waals surface area contributed by atoms with E-state index in [1.54, 1.807) is 18.0 Å². The Hall–Kier alpha value is -3.76. The second kappa shape index (κ2) is 8.92. The summed E-state index contributed by atoms with van der Waals surface area (Å²) in [5.74, 6) is 5.67. The summed E-state index contributed by atoms with van der Waals surface area (Å²) in [6, 6.07) is 12.7. The van der Waals surface area contributed by atoms with Crippen molar-refractivity contribution in [2.45, 2.75) is 61.8 Å². The van der Waals surface area contributed by atoms with Gasteiger partial charge in [0, 0.05) is 44.1 Å². The number of likely N-dealkylation sites (N-methyl/N-ethyl adjacent to an activating group) is 1. The minimum absolute atomic E-state index is 0.0629. The summed E-state index contributed by atoms with van der Waals surface area (Å²) in [6.07, 6.45) is 3.92. The Bertz CT molecular complexity index is 1380. The van der Waals surface area contributed by atoms with Crippen molar-refractivity contribution in [2.24, 2.45) is 0 Å². The largest absolute Gasteiger partial charge is 0.504 e. The van der Waals surface area contributed by atoms with Crippen LogP contribution in [0.4, 0.5) is 0 Å². The molecule has 7 heteroatoms. The van der Waals surface area contributed by atoms with E-state index in [9.17, 15) is 14.7 Å². The summed E-state index contributed by atoms with van der Waals surface area (Å²) in [7, 11) is 1.77. The quantitative estimate of drug-likeness (QED) is 0.385. The molecule has 38 heavy (non-hydrogen) atoms. The number of amides is 1. The van der Waals surface area contributed by atoms with Crippen molar-refractivity contribution in [3.63, 3.8) is 0 Å². The summed E-state index contributed by atoms with van der Waals surface area (Å²) in [4.78, 5) is 30.0. The van der Waals surface area contributed by atoms with E-state index in [-0.39, 0.29) is 29.7 Å². The Balaban J connectivity index is 1.46. The van der Waals surface area contributed by atoms with Gasteiger partial charge in [-0.25, -0.2) is 0 Å². The van der Waals surface area contributed by atoms with Crippen LogP contribution in [0.1, 0.15) is 42.9 Å². The lowest BCUT2D eigenvalue weighted by Gasteiger charge is -2.65. The van der Waals surface area contributed by atoms with Gasteiger partial charge in [-0.05, 0) is 49.4 Å². The minimum Gasteiger partial charge on any atom is -0.504 e. The van der Waals surface area contributed by atoms with Crippen LogP contribution >= 0.6 is 0 Å². The standard InChI is InChI=1S/C31H32N2O5/c1-4-17-33-18-16-30-27-22-11-12-24(35)28(27)37-29(30)23(14-15-31(30,25(33)19-22)38-20(2)34)32(3)26(36)13-10-21-8-6-5-7-9-21/h4-9,11-12,23,25,29,35H,1,14-19H2,2-3H3/t23-,25-,29+,30+,31-/m1/s1. The normalized spacial score (nSPS) is 30.2. The highest BCUT2D eigenvalue weighted by Gasteiger charge is 2.75. The van der Waals surface area contributed by atoms with Crippen molar-refractivity contribution in [3.05, 3.63) is 71.8 Å². The van der Waals surface area contributed by atoms with Crippen LogP contribution in [0.3, 0.4) is 0 Å². The highest BCUT2D eigenvalue weighted by molar-refractivity contribution is 5.94. The van der Waals surface area contributed by atoms with Crippen LogP contribution in [0.5, 0.6) is 11.5 Å². The maximum Gasteiger partial charge on any atom is 0.303 e. The zero-order valence-corrected chi connectivity index (χ0v) is 21.8. The molecule has 0 unspecified atom stereocenters. The van der Waals surface area contributed by atoms with E-state index in [1.165, 1.54) is 6.92 Å². The summed E-state index contributed by atoms with van der Waals surface area (Å²) >= 11 is 0. The molecule has 1 amide bonds. The Labute approximate surface area is 223 Å². The van der Waals surface area contributed by atoms with E-state index in [2.05, 4.69) is 23.3 Å². The summed E-state index contributed by atoms with van der Waals surface area (Å²) in [5.41, 5.74) is 1.29. The van der Waals surface area contributed by atoms with Crippen LogP contribution in [0, 0.1) is 11.8 Å². The lowest BCUT2D eigenvalue weighted by atomic mass is 9.48. The van der Waals surface area contributed by atoms with Crippen LogP contribution in [0.2, 0.25) is 0 Å². The molecule has 6 rings (SSSR count). The van der Waals surface area contributed by atoms with Crippen molar-refractivity contribution < 1.29 is 24.2 Å². The number of carbonyl (C=O) groups is 2. The Morgan fingerprint density at radius 3 is 2.79 bits per heavy atom. The highest BCUT2D eigenvalue weighted by atomic mass is 16.6. The molecule has 5 atom stereocenters. The zero-order chi connectivity index (χ0) is 26.7. The number of hydrogen-bond donors (Lipinski definition) is 1. The van der Waals surface area contributed by atoms with Gasteiger partial charge in [0.15, 0.2) is 11.5 Å². The Morgan fingerprint density at radius 2 is 2.05 bits per heavy atom. The average Bonchev–Trinajstić information content (AvgIpc) is 3.26. The number of phenolic OH excluding ortho intramolecular Hbond substituents is 1. The van der Waals surface area contributed by atoms with E-state index in [1.807, 2.05) is 42.5 Å². The number of likely N-dealkylation sites (tertiary alicyclic amines) is 1. The molecule has 4 aliphatic rings. The van der Waals surface area contributed by atoms with Crippen LogP contribution in [0.25, 0.3) is 0 Å². The molecule has 0 aromatic heterocycles. The fourth-order valence-corrected chi connectivity index (χ4v) is 7.71. The third-order valence-electron chi connectivity index (χ3n) is 9.10. The molecule has 2 aliphatic carbocycles. The molecule has 1 spiro atoms. The second-order valence-electron chi connectivity index (χ2n) is 10.8. The topological polar surface area (TPSA) is 79.3 Å². The average molecular weight is 513 g/mol. The SMILES string of the molecule is C=CCN1CC[C@]23c4c5ccc(O)c4O[C@H]2[C@H](N(C)C(=O)C#Cc2ccccc2)CC[C@@]3(OC(C)=O)[C@H]1C5. The molecule has 7 nitrogen and oxygen atoms in total. The van der Waals surface area contributed by atoms with Gasteiger partial charge in [-0.3, -0.25) is 14.5 Å². The number of ether oxygens (including phenoxy) is 2. The van der Waals surface area contributed by atoms with Gasteiger partial charge in [-0.1, -0.05) is 36.3 Å². The van der Waals surface area contributed by atoms with E-state index >= 15 is 0 Å². The van der Waals surface area contributed by atoms with E-state index in [0.717, 1.165) is 23.2 Å². The molecule has 0 radical (unpaired) electrons. The molecule has 2 fully saturated rings. The molecule has 2 aromatic carbocycles. The molecular weight excluding hydrogens is 480 g/mol. The number of hydrogen-bond acceptors (Lipinski definition) is 6. The first kappa shape index (κ1) is 24.6. The lowest BCUT2D eigenvalue weighted by Crippen LogP contribution is -2.79. The highest BCUT2D eigenvalue weighted by Crippen LogP contribution is 2.67. The first-order valence-electron chi connectivity index (χ1n) is 13.2. The molecule has 196 valence electrons. The number of benzene rings is 2. The van der Waals surface area contributed by atoms with Crippen LogP contribution in [-0.2, 0) is 26.2 Å². The number of rotatable bonds is 4. The number of nitrogens with zero attached hydrogens (tertiary/aromatic N) is 2. The zero-order valence-electron chi connectivity index (χ0n) is 21.8. The molecular formula is C31H32N2O5. The Morgan fingerprint density at radius 1 is 1.26 bits per heavy atom. The van der Waals surface area contributed by atoms with Gasteiger partial charge in [0.1, 0.15) is 11.7 Å². The number of esters is 1. The lowest BCUT2D eigenvalue weighted by molar-refractivity contribution is -0.222. The van der Waals surface area contributed by atoms with E-state index in [0.29, 0.717) is 38.0 Å². The van der Waals surface area contributed by atoms with Crippen LogP contribution in [-0.4, -0.2) is 70.7 Å². The fourth-order valence-electron chi connectivity index (χ4n) is 7.71.